The van der Waals surface area contributed by atoms with Crippen LogP contribution in [-0.4, -0.2) is 30.5 Å². The number of hydrogen-bond donors (Lipinski definition) is 1. The molecule has 1 heterocycles. The molecular formula is C23H30N2O4S. The molecule has 162 valence electrons. The lowest BCUT2D eigenvalue weighted by atomic mass is 9.82. The molecule has 0 radical (unpaired) electrons. The van der Waals surface area contributed by atoms with E-state index >= 15 is 0 Å². The maximum atomic E-state index is 13.1. The molecule has 1 N–H and O–H groups in total. The molecule has 30 heavy (non-hydrogen) atoms. The summed E-state index contributed by atoms with van der Waals surface area (Å²) in [5.41, 5.74) is 0.701. The van der Waals surface area contributed by atoms with Crippen LogP contribution < -0.4 is 4.72 Å². The fraction of sp³-hybridized carbons (Fsp3) is 0.435. The van der Waals surface area contributed by atoms with Crippen LogP contribution in [0.5, 0.6) is 0 Å². The maximum Gasteiger partial charge on any atom is 0.359 e. The fourth-order valence-corrected chi connectivity index (χ4v) is 5.11. The molecule has 1 saturated heterocycles. The third-order valence-electron chi connectivity index (χ3n) is 5.57. The van der Waals surface area contributed by atoms with E-state index in [0.717, 1.165) is 24.8 Å². The number of aryl methyl sites for hydroxylation is 1. The predicted molar refractivity (Wildman–Crippen MR) is 118 cm³/mol. The average molecular weight is 431 g/mol. The lowest BCUT2D eigenvalue weighted by molar-refractivity contribution is -0.240. The van der Waals surface area contributed by atoms with Gasteiger partial charge in [0.05, 0.1) is 27.2 Å². The number of hydrogen-bond acceptors (Lipinski definition) is 5. The van der Waals surface area contributed by atoms with Gasteiger partial charge in [-0.2, -0.15) is 0 Å². The summed E-state index contributed by atoms with van der Waals surface area (Å²) in [6.07, 6.45) is 2.87. The Hall–Kier alpha value is -2.38. The number of sulfonamides is 1. The summed E-state index contributed by atoms with van der Waals surface area (Å²) in [5, 5.41) is 1.76. The SMILES string of the molecule is Cc1ccc(S(=O)(=O)Nc2ccccc2C(=O)ON2C(C)(C)CCCC2(C)C)cc1. The van der Waals surface area contributed by atoms with E-state index in [1.807, 2.05) is 34.6 Å². The molecule has 0 atom stereocenters. The van der Waals surface area contributed by atoms with E-state index in [2.05, 4.69) is 4.72 Å². The molecule has 7 heteroatoms. The van der Waals surface area contributed by atoms with Crippen molar-refractivity contribution in [1.82, 2.24) is 5.06 Å². The van der Waals surface area contributed by atoms with Crippen molar-refractivity contribution in [3.05, 3.63) is 59.7 Å². The Morgan fingerprint density at radius 2 is 1.53 bits per heavy atom. The van der Waals surface area contributed by atoms with Gasteiger partial charge < -0.3 is 4.84 Å². The molecule has 3 rings (SSSR count). The molecule has 0 saturated carbocycles. The summed E-state index contributed by atoms with van der Waals surface area (Å²) in [4.78, 5) is 19.1. The van der Waals surface area contributed by atoms with Crippen molar-refractivity contribution in [3.8, 4) is 0 Å². The smallest absolute Gasteiger partial charge is 0.359 e. The van der Waals surface area contributed by atoms with Crippen LogP contribution >= 0.6 is 0 Å². The molecule has 1 fully saturated rings. The van der Waals surface area contributed by atoms with Crippen molar-refractivity contribution in [2.75, 3.05) is 4.72 Å². The van der Waals surface area contributed by atoms with E-state index in [1.54, 1.807) is 41.5 Å². The van der Waals surface area contributed by atoms with Crippen molar-refractivity contribution in [1.29, 1.82) is 0 Å². The highest BCUT2D eigenvalue weighted by molar-refractivity contribution is 7.92. The minimum absolute atomic E-state index is 0.134. The Labute approximate surface area is 179 Å². The molecule has 0 aliphatic carbocycles. The molecule has 6 nitrogen and oxygen atoms in total. The normalized spacial score (nSPS) is 18.6. The van der Waals surface area contributed by atoms with Crippen LogP contribution in [0.2, 0.25) is 0 Å². The van der Waals surface area contributed by atoms with E-state index < -0.39 is 16.0 Å². The molecule has 1 aliphatic rings. The highest BCUT2D eigenvalue weighted by Gasteiger charge is 2.44. The maximum absolute atomic E-state index is 13.1. The van der Waals surface area contributed by atoms with Crippen LogP contribution in [0.1, 0.15) is 62.9 Å². The Bertz CT molecular complexity index is 1010. The van der Waals surface area contributed by atoms with Crippen LogP contribution in [0.25, 0.3) is 0 Å². The van der Waals surface area contributed by atoms with Crippen LogP contribution in [-0.2, 0) is 14.9 Å². The average Bonchev–Trinajstić information content (AvgIpc) is 2.65. The number of benzene rings is 2. The number of nitrogens with one attached hydrogen (secondary N) is 1. The second kappa shape index (κ2) is 8.04. The first kappa shape index (κ1) is 22.3. The molecule has 0 bridgehead atoms. The number of piperidine rings is 1. The molecule has 2 aromatic carbocycles. The molecule has 2 aromatic rings. The zero-order chi connectivity index (χ0) is 22.2. The summed E-state index contributed by atoms with van der Waals surface area (Å²) in [7, 11) is -3.84. The topological polar surface area (TPSA) is 75.7 Å². The van der Waals surface area contributed by atoms with Crippen LogP contribution in [0.4, 0.5) is 5.69 Å². The van der Waals surface area contributed by atoms with Gasteiger partial charge in [-0.25, -0.2) is 13.2 Å². The number of rotatable bonds is 5. The molecule has 0 amide bonds. The molecule has 0 spiro atoms. The minimum Gasteiger partial charge on any atom is -0.363 e. The summed E-state index contributed by atoms with van der Waals surface area (Å²) in [5.74, 6) is -0.583. The van der Waals surface area contributed by atoms with Crippen molar-refractivity contribution in [3.63, 3.8) is 0 Å². The Kier molecular flexibility index (Phi) is 5.98. The van der Waals surface area contributed by atoms with E-state index in [1.165, 1.54) is 12.1 Å². The molecule has 1 aliphatic heterocycles. The van der Waals surface area contributed by atoms with Crippen molar-refractivity contribution >= 4 is 21.7 Å². The zero-order valence-corrected chi connectivity index (χ0v) is 19.0. The number of para-hydroxylation sites is 1. The number of carbonyl (C=O) groups is 1. The third kappa shape index (κ3) is 4.68. The molecular weight excluding hydrogens is 400 g/mol. The summed E-state index contributed by atoms with van der Waals surface area (Å²) < 4.78 is 28.2. The zero-order valence-electron chi connectivity index (χ0n) is 18.2. The lowest BCUT2D eigenvalue weighted by Gasteiger charge is -2.50. The van der Waals surface area contributed by atoms with Gasteiger partial charge in [0.15, 0.2) is 0 Å². The molecule has 0 unspecified atom stereocenters. The standard InChI is InChI=1S/C23H30N2O4S/c1-17-11-13-18(14-12-17)30(27,28)24-20-10-7-6-9-19(20)21(26)29-25-22(2,3)15-8-16-23(25,4)5/h6-7,9-14,24H,8,15-16H2,1-5H3. The first-order valence-corrected chi connectivity index (χ1v) is 11.6. The van der Waals surface area contributed by atoms with Gasteiger partial charge in [-0.1, -0.05) is 29.8 Å². The van der Waals surface area contributed by atoms with Crippen molar-refractivity contribution < 1.29 is 18.0 Å². The van der Waals surface area contributed by atoms with Gasteiger partial charge in [-0.15, -0.1) is 5.06 Å². The van der Waals surface area contributed by atoms with Gasteiger partial charge in [0, 0.05) is 0 Å². The van der Waals surface area contributed by atoms with Crippen LogP contribution in [0, 0.1) is 6.92 Å². The minimum atomic E-state index is -3.84. The van der Waals surface area contributed by atoms with Gasteiger partial charge in [0.25, 0.3) is 10.0 Å². The summed E-state index contributed by atoms with van der Waals surface area (Å²) in [6.45, 7) is 10.1. The van der Waals surface area contributed by atoms with E-state index in [0.29, 0.717) is 0 Å². The highest BCUT2D eigenvalue weighted by Crippen LogP contribution is 2.39. The first-order valence-electron chi connectivity index (χ1n) is 10.1. The van der Waals surface area contributed by atoms with Crippen LogP contribution in [0.15, 0.2) is 53.4 Å². The van der Waals surface area contributed by atoms with E-state index in [-0.39, 0.29) is 27.2 Å². The monoisotopic (exact) mass is 430 g/mol. The van der Waals surface area contributed by atoms with Gasteiger partial charge in [-0.3, -0.25) is 4.72 Å². The van der Waals surface area contributed by atoms with Crippen molar-refractivity contribution in [2.24, 2.45) is 0 Å². The van der Waals surface area contributed by atoms with E-state index in [9.17, 15) is 13.2 Å². The number of anilines is 1. The fourth-order valence-electron chi connectivity index (χ4n) is 4.03. The summed E-state index contributed by atoms with van der Waals surface area (Å²) >= 11 is 0. The lowest BCUT2D eigenvalue weighted by Crippen LogP contribution is -2.58. The van der Waals surface area contributed by atoms with Crippen LogP contribution in [0.3, 0.4) is 0 Å². The van der Waals surface area contributed by atoms with Gasteiger partial charge in [0.1, 0.15) is 0 Å². The van der Waals surface area contributed by atoms with Crippen molar-refractivity contribution in [2.45, 2.75) is 69.9 Å². The Morgan fingerprint density at radius 3 is 2.13 bits per heavy atom. The number of nitrogens with zero attached hydrogens (tertiary/aromatic N) is 1. The van der Waals surface area contributed by atoms with E-state index in [4.69, 9.17) is 4.84 Å². The quantitative estimate of drug-likeness (QED) is 0.729. The Balaban J connectivity index is 1.88. The predicted octanol–water partition coefficient (Wildman–Crippen LogP) is 4.91. The Morgan fingerprint density at radius 1 is 0.967 bits per heavy atom. The van der Waals surface area contributed by atoms with Gasteiger partial charge in [-0.05, 0) is 78.1 Å². The number of hydroxylamine groups is 2. The second-order valence-corrected chi connectivity index (χ2v) is 10.8. The third-order valence-corrected chi connectivity index (χ3v) is 6.95. The molecule has 0 aromatic heterocycles. The largest absolute Gasteiger partial charge is 0.363 e. The first-order chi connectivity index (χ1) is 13.9. The summed E-state index contributed by atoms with van der Waals surface area (Å²) in [6, 6.07) is 13.0. The highest BCUT2D eigenvalue weighted by atomic mass is 32.2. The van der Waals surface area contributed by atoms with Gasteiger partial charge in [0.2, 0.25) is 0 Å². The number of carbonyl (C=O) groups excluding carboxylic acids is 1. The van der Waals surface area contributed by atoms with Gasteiger partial charge >= 0.3 is 5.97 Å². The second-order valence-electron chi connectivity index (χ2n) is 9.12.